The Morgan fingerprint density at radius 1 is 1.17 bits per heavy atom. The van der Waals surface area contributed by atoms with Crippen molar-refractivity contribution in [2.75, 3.05) is 12.8 Å². The summed E-state index contributed by atoms with van der Waals surface area (Å²) in [5, 5.41) is 0. The summed E-state index contributed by atoms with van der Waals surface area (Å²) < 4.78 is 1.11. The Hall–Kier alpha value is -1.39. The van der Waals surface area contributed by atoms with Crippen molar-refractivity contribution in [3.05, 3.63) is 58.2 Å². The lowest BCUT2D eigenvalue weighted by atomic mass is 10.2. The van der Waals surface area contributed by atoms with Crippen LogP contribution < -0.4 is 5.73 Å². The van der Waals surface area contributed by atoms with E-state index in [1.165, 1.54) is 5.56 Å². The first-order chi connectivity index (χ1) is 8.63. The van der Waals surface area contributed by atoms with Crippen LogP contribution >= 0.6 is 15.9 Å². The van der Waals surface area contributed by atoms with Crippen LogP contribution in [0, 0.1) is 0 Å². The Morgan fingerprint density at radius 3 is 2.67 bits per heavy atom. The Balaban J connectivity index is 1.98. The van der Waals surface area contributed by atoms with Crippen LogP contribution in [0.1, 0.15) is 11.3 Å². The Morgan fingerprint density at radius 2 is 1.94 bits per heavy atom. The highest BCUT2D eigenvalue weighted by Crippen LogP contribution is 2.14. The third-order valence-corrected chi connectivity index (χ3v) is 3.09. The number of benzene rings is 1. The quantitative estimate of drug-likeness (QED) is 0.944. The predicted octanol–water partition coefficient (Wildman–Crippen LogP) is 3.06. The van der Waals surface area contributed by atoms with Crippen LogP contribution in [0.3, 0.4) is 0 Å². The molecule has 2 rings (SSSR count). The molecule has 1 heterocycles. The summed E-state index contributed by atoms with van der Waals surface area (Å²) in [5.74, 6) is 0.573. The molecule has 94 valence electrons. The first kappa shape index (κ1) is 13.1. The molecule has 18 heavy (non-hydrogen) atoms. The fourth-order valence-corrected chi connectivity index (χ4v) is 2.31. The first-order valence-corrected chi connectivity index (χ1v) is 6.57. The number of nitrogen functional groups attached to an aromatic ring is 1. The van der Waals surface area contributed by atoms with E-state index in [-0.39, 0.29) is 0 Å². The van der Waals surface area contributed by atoms with E-state index in [9.17, 15) is 0 Å². The number of aromatic nitrogens is 1. The molecule has 0 saturated carbocycles. The smallest absolute Gasteiger partial charge is 0.123 e. The van der Waals surface area contributed by atoms with Crippen molar-refractivity contribution in [1.29, 1.82) is 0 Å². The standard InChI is InChI=1S/C14H16BrN3/c1-18(9-11-4-2-5-12(15)8-11)10-13-6-3-7-14(16)17-13/h2-8H,9-10H2,1H3,(H2,16,17). The van der Waals surface area contributed by atoms with Gasteiger partial charge in [-0.3, -0.25) is 4.90 Å². The molecule has 3 nitrogen and oxygen atoms in total. The number of hydrogen-bond donors (Lipinski definition) is 1. The van der Waals surface area contributed by atoms with Crippen molar-refractivity contribution in [3.63, 3.8) is 0 Å². The van der Waals surface area contributed by atoms with Gasteiger partial charge in [-0.1, -0.05) is 34.1 Å². The van der Waals surface area contributed by atoms with E-state index in [2.05, 4.69) is 45.0 Å². The lowest BCUT2D eigenvalue weighted by Gasteiger charge is -2.16. The summed E-state index contributed by atoms with van der Waals surface area (Å²) in [6.45, 7) is 1.67. The zero-order valence-electron chi connectivity index (χ0n) is 10.3. The van der Waals surface area contributed by atoms with Crippen molar-refractivity contribution in [3.8, 4) is 0 Å². The zero-order valence-corrected chi connectivity index (χ0v) is 11.9. The molecule has 0 aliphatic heterocycles. The van der Waals surface area contributed by atoms with Crippen LogP contribution in [-0.4, -0.2) is 16.9 Å². The number of nitrogens with zero attached hydrogens (tertiary/aromatic N) is 2. The normalized spacial score (nSPS) is 10.8. The first-order valence-electron chi connectivity index (χ1n) is 5.78. The molecule has 4 heteroatoms. The van der Waals surface area contributed by atoms with Crippen molar-refractivity contribution < 1.29 is 0 Å². The van der Waals surface area contributed by atoms with Gasteiger partial charge in [0.2, 0.25) is 0 Å². The molecule has 0 fully saturated rings. The molecule has 0 saturated heterocycles. The van der Waals surface area contributed by atoms with Crippen molar-refractivity contribution in [2.24, 2.45) is 0 Å². The van der Waals surface area contributed by atoms with Crippen molar-refractivity contribution >= 4 is 21.7 Å². The van der Waals surface area contributed by atoms with E-state index in [1.54, 1.807) is 6.07 Å². The number of pyridine rings is 1. The molecular weight excluding hydrogens is 290 g/mol. The number of halogens is 1. The van der Waals surface area contributed by atoms with Crippen LogP contribution in [0.15, 0.2) is 46.9 Å². The fraction of sp³-hybridized carbons (Fsp3) is 0.214. The minimum atomic E-state index is 0.573. The van der Waals surface area contributed by atoms with E-state index in [1.807, 2.05) is 24.3 Å². The fourth-order valence-electron chi connectivity index (χ4n) is 1.87. The molecule has 0 aliphatic rings. The summed E-state index contributed by atoms with van der Waals surface area (Å²) in [6.07, 6.45) is 0. The number of nitrogens with two attached hydrogens (primary N) is 1. The molecule has 2 aromatic rings. The maximum absolute atomic E-state index is 5.67. The van der Waals surface area contributed by atoms with Gasteiger partial charge in [-0.25, -0.2) is 4.98 Å². The number of rotatable bonds is 4. The van der Waals surface area contributed by atoms with Gasteiger partial charge in [0.05, 0.1) is 5.69 Å². The van der Waals surface area contributed by atoms with Gasteiger partial charge in [-0.15, -0.1) is 0 Å². The molecule has 1 aromatic carbocycles. The highest BCUT2D eigenvalue weighted by molar-refractivity contribution is 9.10. The second-order valence-corrected chi connectivity index (χ2v) is 5.27. The molecule has 0 bridgehead atoms. The Bertz CT molecular complexity index is 480. The van der Waals surface area contributed by atoms with Gasteiger partial charge in [0, 0.05) is 17.6 Å². The molecule has 0 spiro atoms. The second kappa shape index (κ2) is 5.98. The van der Waals surface area contributed by atoms with Gasteiger partial charge < -0.3 is 5.73 Å². The van der Waals surface area contributed by atoms with E-state index in [4.69, 9.17) is 5.73 Å². The van der Waals surface area contributed by atoms with Crippen LogP contribution in [0.25, 0.3) is 0 Å². The van der Waals surface area contributed by atoms with Crippen molar-refractivity contribution in [1.82, 2.24) is 9.88 Å². The maximum Gasteiger partial charge on any atom is 0.123 e. The molecule has 2 N–H and O–H groups in total. The summed E-state index contributed by atoms with van der Waals surface area (Å²) in [6, 6.07) is 14.1. The molecule has 0 aliphatic carbocycles. The highest BCUT2D eigenvalue weighted by atomic mass is 79.9. The van der Waals surface area contributed by atoms with Gasteiger partial charge in [0.15, 0.2) is 0 Å². The predicted molar refractivity (Wildman–Crippen MR) is 78.0 cm³/mol. The largest absolute Gasteiger partial charge is 0.384 e. The number of hydrogen-bond acceptors (Lipinski definition) is 3. The summed E-state index contributed by atoms with van der Waals surface area (Å²) in [5.41, 5.74) is 7.94. The Kier molecular flexibility index (Phi) is 4.33. The summed E-state index contributed by atoms with van der Waals surface area (Å²) in [7, 11) is 2.08. The summed E-state index contributed by atoms with van der Waals surface area (Å²) >= 11 is 3.48. The van der Waals surface area contributed by atoms with E-state index >= 15 is 0 Å². The second-order valence-electron chi connectivity index (χ2n) is 4.36. The van der Waals surface area contributed by atoms with Gasteiger partial charge >= 0.3 is 0 Å². The van der Waals surface area contributed by atoms with Crippen LogP contribution in [0.5, 0.6) is 0 Å². The monoisotopic (exact) mass is 305 g/mol. The molecule has 0 atom stereocenters. The van der Waals surface area contributed by atoms with E-state index in [0.717, 1.165) is 23.3 Å². The molecule has 0 radical (unpaired) electrons. The lowest BCUT2D eigenvalue weighted by molar-refractivity contribution is 0.315. The minimum Gasteiger partial charge on any atom is -0.384 e. The van der Waals surface area contributed by atoms with E-state index in [0.29, 0.717) is 5.82 Å². The molecule has 0 amide bonds. The Labute approximate surface area is 116 Å². The number of anilines is 1. The van der Waals surface area contributed by atoms with Crippen molar-refractivity contribution in [2.45, 2.75) is 13.1 Å². The lowest BCUT2D eigenvalue weighted by Crippen LogP contribution is -2.18. The van der Waals surface area contributed by atoms with Gasteiger partial charge in [0.1, 0.15) is 5.82 Å². The third-order valence-electron chi connectivity index (χ3n) is 2.60. The van der Waals surface area contributed by atoms with E-state index < -0.39 is 0 Å². The van der Waals surface area contributed by atoms with Crippen LogP contribution in [-0.2, 0) is 13.1 Å². The van der Waals surface area contributed by atoms with Gasteiger partial charge in [0.25, 0.3) is 0 Å². The molecule has 0 unspecified atom stereocenters. The maximum atomic E-state index is 5.67. The average molecular weight is 306 g/mol. The molecule has 1 aromatic heterocycles. The SMILES string of the molecule is CN(Cc1cccc(Br)c1)Cc1cccc(N)n1. The average Bonchev–Trinajstić information content (AvgIpc) is 2.28. The summed E-state index contributed by atoms with van der Waals surface area (Å²) in [4.78, 5) is 6.51. The topological polar surface area (TPSA) is 42.1 Å². The zero-order chi connectivity index (χ0) is 13.0. The third kappa shape index (κ3) is 3.82. The van der Waals surface area contributed by atoms with Crippen LogP contribution in [0.2, 0.25) is 0 Å². The van der Waals surface area contributed by atoms with Gasteiger partial charge in [-0.05, 0) is 36.9 Å². The van der Waals surface area contributed by atoms with Crippen LogP contribution in [0.4, 0.5) is 5.82 Å². The minimum absolute atomic E-state index is 0.573. The highest BCUT2D eigenvalue weighted by Gasteiger charge is 2.03. The molecular formula is C14H16BrN3. The van der Waals surface area contributed by atoms with Gasteiger partial charge in [-0.2, -0.15) is 0 Å².